The summed E-state index contributed by atoms with van der Waals surface area (Å²) < 4.78 is 19.9. The average Bonchev–Trinajstić information content (AvgIpc) is 3.25. The van der Waals surface area contributed by atoms with Gasteiger partial charge in [0.1, 0.15) is 11.6 Å². The summed E-state index contributed by atoms with van der Waals surface area (Å²) in [5.41, 5.74) is 9.08. The number of rotatable bonds is 9. The first kappa shape index (κ1) is 25.2. The zero-order chi connectivity index (χ0) is 25.7. The number of methoxy groups -OCH3 is 1. The number of amides is 2. The molecule has 2 aromatic heterocycles. The van der Waals surface area contributed by atoms with E-state index in [2.05, 4.69) is 20.6 Å². The molecular weight excluding hydrogens is 485 g/mol. The zero-order valence-corrected chi connectivity index (χ0v) is 20.3. The molecule has 2 aromatic carbocycles. The lowest BCUT2D eigenvalue weighted by Crippen LogP contribution is -2.29. The van der Waals surface area contributed by atoms with Crippen LogP contribution in [-0.2, 0) is 24.3 Å². The maximum Gasteiger partial charge on any atom is 0.251 e. The number of hydrogen-bond donors (Lipinski definition) is 4. The van der Waals surface area contributed by atoms with Crippen molar-refractivity contribution in [2.75, 3.05) is 13.7 Å². The quantitative estimate of drug-likeness (QED) is 0.275. The first-order valence-corrected chi connectivity index (χ1v) is 11.6. The molecule has 0 fully saturated rings. The average molecular weight is 510 g/mol. The molecular formula is C26H25ClFN5O3. The summed E-state index contributed by atoms with van der Waals surface area (Å²) in [4.78, 5) is 31.5. The fraction of sp³-hybridized carbons (Fsp3) is 0.192. The van der Waals surface area contributed by atoms with Gasteiger partial charge in [0, 0.05) is 65.2 Å². The van der Waals surface area contributed by atoms with Crippen LogP contribution in [0.2, 0.25) is 5.02 Å². The number of pyridine rings is 1. The highest BCUT2D eigenvalue weighted by molar-refractivity contribution is 6.35. The van der Waals surface area contributed by atoms with E-state index in [1.807, 2.05) is 18.2 Å². The lowest BCUT2D eigenvalue weighted by molar-refractivity contribution is -0.119. The zero-order valence-electron chi connectivity index (χ0n) is 19.5. The third-order valence-electron chi connectivity index (χ3n) is 5.71. The molecule has 4 aromatic rings. The molecule has 0 aliphatic heterocycles. The van der Waals surface area contributed by atoms with Crippen molar-refractivity contribution in [3.63, 3.8) is 0 Å². The Kier molecular flexibility index (Phi) is 7.82. The van der Waals surface area contributed by atoms with Gasteiger partial charge in [-0.15, -0.1) is 0 Å². The summed E-state index contributed by atoms with van der Waals surface area (Å²) in [5, 5.41) is 6.65. The van der Waals surface area contributed by atoms with Crippen LogP contribution < -0.4 is 21.1 Å². The van der Waals surface area contributed by atoms with Crippen LogP contribution in [0.3, 0.4) is 0 Å². The SMILES string of the molecule is COc1cc(Cc2cc(C(=O)NCc3cc4c(Cl)c[nH]c4cc3F)ccn2)ccc1CNC(=O)CN. The Morgan fingerprint density at radius 3 is 2.69 bits per heavy atom. The third kappa shape index (κ3) is 5.81. The molecule has 0 spiro atoms. The van der Waals surface area contributed by atoms with E-state index in [1.165, 1.54) is 6.07 Å². The van der Waals surface area contributed by atoms with E-state index in [0.29, 0.717) is 51.5 Å². The summed E-state index contributed by atoms with van der Waals surface area (Å²) in [6, 6.07) is 11.9. The van der Waals surface area contributed by atoms with Crippen LogP contribution in [0.1, 0.15) is 32.7 Å². The molecule has 0 saturated heterocycles. The topological polar surface area (TPSA) is 122 Å². The molecule has 0 aliphatic carbocycles. The molecule has 0 unspecified atom stereocenters. The number of halogens is 2. The van der Waals surface area contributed by atoms with Crippen molar-refractivity contribution in [2.45, 2.75) is 19.5 Å². The minimum Gasteiger partial charge on any atom is -0.496 e. The van der Waals surface area contributed by atoms with E-state index in [4.69, 9.17) is 22.1 Å². The van der Waals surface area contributed by atoms with Gasteiger partial charge >= 0.3 is 0 Å². The lowest BCUT2D eigenvalue weighted by atomic mass is 10.0. The summed E-state index contributed by atoms with van der Waals surface area (Å²) in [6.45, 7) is 0.234. The summed E-state index contributed by atoms with van der Waals surface area (Å²) in [5.74, 6) is -0.407. The first-order chi connectivity index (χ1) is 17.4. The van der Waals surface area contributed by atoms with Crippen LogP contribution in [0.15, 0.2) is 54.9 Å². The predicted molar refractivity (Wildman–Crippen MR) is 135 cm³/mol. The van der Waals surface area contributed by atoms with Crippen molar-refractivity contribution in [3.05, 3.63) is 93.6 Å². The maximum atomic E-state index is 14.4. The number of aromatic amines is 1. The van der Waals surface area contributed by atoms with Crippen LogP contribution in [0.25, 0.3) is 10.9 Å². The largest absolute Gasteiger partial charge is 0.496 e. The van der Waals surface area contributed by atoms with Crippen molar-refractivity contribution in [3.8, 4) is 5.75 Å². The number of carbonyl (C=O) groups is 2. The number of carbonyl (C=O) groups excluding carboxylic acids is 2. The molecule has 0 atom stereocenters. The standard InChI is InChI=1S/C26H25ClFN5O3/c1-36-24-7-15(2-3-17(24)12-32-25(34)11-29)6-19-8-16(4-5-30-19)26(35)33-13-18-9-20-21(27)14-31-23(20)10-22(18)28/h2-5,7-10,14,31H,6,11-13,29H2,1H3,(H,32,34)(H,33,35). The fourth-order valence-corrected chi connectivity index (χ4v) is 4.01. The van der Waals surface area contributed by atoms with Gasteiger partial charge in [-0.25, -0.2) is 4.39 Å². The molecule has 36 heavy (non-hydrogen) atoms. The number of nitrogens with one attached hydrogen (secondary N) is 3. The van der Waals surface area contributed by atoms with Gasteiger partial charge in [-0.1, -0.05) is 23.7 Å². The van der Waals surface area contributed by atoms with Crippen molar-refractivity contribution in [2.24, 2.45) is 5.73 Å². The van der Waals surface area contributed by atoms with Crippen LogP contribution in [0, 0.1) is 5.82 Å². The Morgan fingerprint density at radius 1 is 1.11 bits per heavy atom. The van der Waals surface area contributed by atoms with Crippen LogP contribution in [0.4, 0.5) is 4.39 Å². The molecule has 0 radical (unpaired) electrons. The normalized spacial score (nSPS) is 10.9. The van der Waals surface area contributed by atoms with Crippen molar-refractivity contribution in [1.82, 2.24) is 20.6 Å². The second kappa shape index (κ2) is 11.2. The van der Waals surface area contributed by atoms with Gasteiger partial charge in [0.25, 0.3) is 5.91 Å². The minimum absolute atomic E-state index is 0.0130. The van der Waals surface area contributed by atoms with Gasteiger partial charge in [0.15, 0.2) is 0 Å². The van der Waals surface area contributed by atoms with Gasteiger partial charge in [-0.2, -0.15) is 0 Å². The van der Waals surface area contributed by atoms with E-state index in [1.54, 1.807) is 37.7 Å². The second-order valence-electron chi connectivity index (χ2n) is 8.15. The molecule has 0 bridgehead atoms. The maximum absolute atomic E-state index is 14.4. The van der Waals surface area contributed by atoms with E-state index in [0.717, 1.165) is 11.1 Å². The number of fused-ring (bicyclic) bond motifs is 1. The van der Waals surface area contributed by atoms with E-state index in [9.17, 15) is 14.0 Å². The number of nitrogens with zero attached hydrogens (tertiary/aromatic N) is 1. The highest BCUT2D eigenvalue weighted by atomic mass is 35.5. The monoisotopic (exact) mass is 509 g/mol. The van der Waals surface area contributed by atoms with Gasteiger partial charge in [0.05, 0.1) is 18.7 Å². The number of ether oxygens (including phenoxy) is 1. The summed E-state index contributed by atoms with van der Waals surface area (Å²) >= 11 is 6.12. The van der Waals surface area contributed by atoms with E-state index >= 15 is 0 Å². The van der Waals surface area contributed by atoms with Gasteiger partial charge in [-0.05, 0) is 35.9 Å². The number of H-pyrrole nitrogens is 1. The van der Waals surface area contributed by atoms with Crippen LogP contribution in [-0.4, -0.2) is 35.4 Å². The Labute approximate surface area is 212 Å². The van der Waals surface area contributed by atoms with E-state index in [-0.39, 0.29) is 24.9 Å². The summed E-state index contributed by atoms with van der Waals surface area (Å²) in [7, 11) is 1.56. The fourth-order valence-electron chi connectivity index (χ4n) is 3.80. The van der Waals surface area contributed by atoms with Gasteiger partial charge < -0.3 is 26.1 Å². The van der Waals surface area contributed by atoms with Crippen LogP contribution >= 0.6 is 11.6 Å². The molecule has 5 N–H and O–H groups in total. The van der Waals surface area contributed by atoms with Crippen molar-refractivity contribution >= 4 is 34.3 Å². The molecule has 2 amide bonds. The highest BCUT2D eigenvalue weighted by Crippen LogP contribution is 2.26. The first-order valence-electron chi connectivity index (χ1n) is 11.2. The predicted octanol–water partition coefficient (Wildman–Crippen LogP) is 3.46. The van der Waals surface area contributed by atoms with Gasteiger partial charge in [-0.3, -0.25) is 14.6 Å². The molecule has 186 valence electrons. The Hall–Kier alpha value is -3.95. The smallest absolute Gasteiger partial charge is 0.251 e. The van der Waals surface area contributed by atoms with Crippen LogP contribution in [0.5, 0.6) is 5.75 Å². The molecule has 2 heterocycles. The van der Waals surface area contributed by atoms with E-state index < -0.39 is 5.82 Å². The number of benzene rings is 2. The van der Waals surface area contributed by atoms with Crippen molar-refractivity contribution in [1.29, 1.82) is 0 Å². The number of hydrogen-bond acceptors (Lipinski definition) is 5. The Morgan fingerprint density at radius 2 is 1.92 bits per heavy atom. The Bertz CT molecular complexity index is 1420. The molecule has 4 rings (SSSR count). The number of aromatic nitrogens is 2. The molecule has 8 nitrogen and oxygen atoms in total. The molecule has 0 saturated carbocycles. The van der Waals surface area contributed by atoms with Gasteiger partial charge in [0.2, 0.25) is 5.91 Å². The number of nitrogens with two attached hydrogens (primary N) is 1. The minimum atomic E-state index is -0.434. The lowest BCUT2D eigenvalue weighted by Gasteiger charge is -2.12. The molecule has 10 heteroatoms. The second-order valence-corrected chi connectivity index (χ2v) is 8.56. The Balaban J connectivity index is 1.43. The molecule has 0 aliphatic rings. The third-order valence-corrected chi connectivity index (χ3v) is 6.03. The summed E-state index contributed by atoms with van der Waals surface area (Å²) in [6.07, 6.45) is 3.62. The highest BCUT2D eigenvalue weighted by Gasteiger charge is 2.13. The van der Waals surface area contributed by atoms with Crippen molar-refractivity contribution < 1.29 is 18.7 Å².